The molecule has 1 aliphatic rings. The zero-order valence-electron chi connectivity index (χ0n) is 15.3. The number of nitrogens with one attached hydrogen (secondary N) is 2. The molecular formula is C18H23N3O6. The molecule has 0 bridgehead atoms. The number of Topliss-reactive ketones (excluding diaryl/α,β-unsaturated/α-hetero) is 1. The molecule has 0 spiro atoms. The summed E-state index contributed by atoms with van der Waals surface area (Å²) in [4.78, 5) is 48.5. The zero-order chi connectivity index (χ0) is 20.0. The highest BCUT2D eigenvalue weighted by Crippen LogP contribution is 2.28. The van der Waals surface area contributed by atoms with Crippen molar-refractivity contribution in [2.45, 2.75) is 58.0 Å². The minimum atomic E-state index is -0.682. The maximum Gasteiger partial charge on any atom is 0.330 e. The summed E-state index contributed by atoms with van der Waals surface area (Å²) in [7, 11) is 0. The van der Waals surface area contributed by atoms with Gasteiger partial charge in [0, 0.05) is 25.5 Å². The van der Waals surface area contributed by atoms with Crippen LogP contribution in [-0.2, 0) is 14.3 Å². The van der Waals surface area contributed by atoms with Crippen molar-refractivity contribution in [3.8, 4) is 11.8 Å². The number of carbonyl (C=O) groups excluding carboxylic acids is 2. The van der Waals surface area contributed by atoms with Crippen LogP contribution >= 0.6 is 0 Å². The highest BCUT2D eigenvalue weighted by atomic mass is 16.5. The fourth-order valence-corrected chi connectivity index (χ4v) is 2.70. The van der Waals surface area contributed by atoms with Gasteiger partial charge >= 0.3 is 5.69 Å². The van der Waals surface area contributed by atoms with Gasteiger partial charge in [0.2, 0.25) is 5.91 Å². The van der Waals surface area contributed by atoms with Gasteiger partial charge in [-0.3, -0.25) is 19.1 Å². The second-order valence-corrected chi connectivity index (χ2v) is 6.33. The molecule has 2 heterocycles. The van der Waals surface area contributed by atoms with Gasteiger partial charge in [0.25, 0.3) is 5.56 Å². The average Bonchev–Trinajstić information content (AvgIpc) is 2.98. The molecular weight excluding hydrogens is 354 g/mol. The van der Waals surface area contributed by atoms with E-state index >= 15 is 0 Å². The number of aromatic amines is 1. The molecule has 0 aromatic carbocycles. The Morgan fingerprint density at radius 3 is 2.78 bits per heavy atom. The summed E-state index contributed by atoms with van der Waals surface area (Å²) in [6.45, 7) is 3.28. The maximum atomic E-state index is 12.0. The van der Waals surface area contributed by atoms with Crippen molar-refractivity contribution in [1.29, 1.82) is 0 Å². The number of nitrogens with zero attached hydrogens (tertiary/aromatic N) is 1. The van der Waals surface area contributed by atoms with Crippen LogP contribution in [0, 0.1) is 11.8 Å². The van der Waals surface area contributed by atoms with E-state index in [0.717, 1.165) is 0 Å². The Labute approximate surface area is 155 Å². The lowest BCUT2D eigenvalue weighted by Crippen LogP contribution is -2.33. The lowest BCUT2D eigenvalue weighted by atomic mass is 10.1. The van der Waals surface area contributed by atoms with Gasteiger partial charge in [0.1, 0.15) is 17.6 Å². The third-order valence-electron chi connectivity index (χ3n) is 4.19. The molecule has 9 heteroatoms. The molecule has 3 N–H and O–H groups in total. The first-order chi connectivity index (χ1) is 12.8. The number of ether oxygens (including phenoxy) is 1. The van der Waals surface area contributed by atoms with Crippen molar-refractivity contribution >= 4 is 11.7 Å². The number of aliphatic hydroxyl groups is 1. The van der Waals surface area contributed by atoms with E-state index in [1.54, 1.807) is 0 Å². The number of ketones is 1. The van der Waals surface area contributed by atoms with Crippen molar-refractivity contribution < 1.29 is 19.4 Å². The largest absolute Gasteiger partial charge is 0.390 e. The Balaban J connectivity index is 2.07. The SMILES string of the molecule is CC[C@H]1OC(n2cc(C#CCNC(=O)CCC(C)=O)c(=O)[nH]c2=O)C[C@@H]1O. The average molecular weight is 377 g/mol. The van der Waals surface area contributed by atoms with Crippen molar-refractivity contribution in [3.63, 3.8) is 0 Å². The number of hydrogen-bond donors (Lipinski definition) is 3. The first-order valence-corrected chi connectivity index (χ1v) is 8.75. The van der Waals surface area contributed by atoms with Gasteiger partial charge in [-0.1, -0.05) is 18.8 Å². The van der Waals surface area contributed by atoms with E-state index < -0.39 is 23.6 Å². The van der Waals surface area contributed by atoms with Crippen molar-refractivity contribution in [2.24, 2.45) is 0 Å². The number of aliphatic hydroxyl groups excluding tert-OH is 1. The van der Waals surface area contributed by atoms with Crippen LogP contribution in [0.1, 0.15) is 51.3 Å². The van der Waals surface area contributed by atoms with E-state index in [2.05, 4.69) is 22.1 Å². The second-order valence-electron chi connectivity index (χ2n) is 6.33. The predicted octanol–water partition coefficient (Wildman–Crippen LogP) is -0.568. The Hall–Kier alpha value is -2.70. The monoisotopic (exact) mass is 377 g/mol. The van der Waals surface area contributed by atoms with Gasteiger partial charge in [0.05, 0.1) is 18.8 Å². The van der Waals surface area contributed by atoms with Crippen LogP contribution in [0.25, 0.3) is 0 Å². The van der Waals surface area contributed by atoms with Gasteiger partial charge in [-0.25, -0.2) is 4.79 Å². The summed E-state index contributed by atoms with van der Waals surface area (Å²) in [5, 5.41) is 12.5. The summed E-state index contributed by atoms with van der Waals surface area (Å²) in [5.74, 6) is 4.86. The fraction of sp³-hybridized carbons (Fsp3) is 0.556. The quantitative estimate of drug-likeness (QED) is 0.569. The Morgan fingerprint density at radius 1 is 1.41 bits per heavy atom. The normalized spacial score (nSPS) is 21.4. The highest BCUT2D eigenvalue weighted by Gasteiger charge is 2.34. The molecule has 1 amide bonds. The van der Waals surface area contributed by atoms with Crippen LogP contribution in [0.5, 0.6) is 0 Å². The first kappa shape index (κ1) is 20.6. The van der Waals surface area contributed by atoms with E-state index in [1.807, 2.05) is 6.92 Å². The maximum absolute atomic E-state index is 12.0. The molecule has 1 aliphatic heterocycles. The molecule has 0 radical (unpaired) electrons. The van der Waals surface area contributed by atoms with Crippen molar-refractivity contribution in [2.75, 3.05) is 6.54 Å². The van der Waals surface area contributed by atoms with Crippen LogP contribution in [0.15, 0.2) is 15.8 Å². The molecule has 1 aromatic rings. The molecule has 2 rings (SSSR count). The van der Waals surface area contributed by atoms with Gasteiger partial charge in [0.15, 0.2) is 0 Å². The Kier molecular flexibility index (Phi) is 7.10. The van der Waals surface area contributed by atoms with E-state index in [0.29, 0.717) is 6.42 Å². The lowest BCUT2D eigenvalue weighted by molar-refractivity contribution is -0.124. The van der Waals surface area contributed by atoms with Gasteiger partial charge in [-0.15, -0.1) is 0 Å². The second kappa shape index (κ2) is 9.30. The molecule has 1 saturated heterocycles. The molecule has 146 valence electrons. The number of hydrogen-bond acceptors (Lipinski definition) is 6. The first-order valence-electron chi connectivity index (χ1n) is 8.75. The van der Waals surface area contributed by atoms with Crippen LogP contribution in [0.3, 0.4) is 0 Å². The summed E-state index contributed by atoms with van der Waals surface area (Å²) < 4.78 is 6.85. The van der Waals surface area contributed by atoms with Gasteiger partial charge in [-0.2, -0.15) is 0 Å². The summed E-state index contributed by atoms with van der Waals surface area (Å²) in [5.41, 5.74) is -1.24. The van der Waals surface area contributed by atoms with E-state index in [9.17, 15) is 24.3 Å². The Bertz CT molecular complexity index is 876. The zero-order valence-corrected chi connectivity index (χ0v) is 15.3. The molecule has 1 fully saturated rings. The molecule has 0 aliphatic carbocycles. The van der Waals surface area contributed by atoms with Crippen molar-refractivity contribution in [3.05, 3.63) is 32.6 Å². The predicted molar refractivity (Wildman–Crippen MR) is 96.0 cm³/mol. The van der Waals surface area contributed by atoms with Crippen LogP contribution < -0.4 is 16.6 Å². The van der Waals surface area contributed by atoms with Gasteiger partial charge in [-0.05, 0) is 13.3 Å². The minimum absolute atomic E-state index is 0.00581. The number of rotatable bonds is 6. The number of carbonyl (C=O) groups is 2. The van der Waals surface area contributed by atoms with Crippen LogP contribution in [-0.4, -0.2) is 45.1 Å². The Morgan fingerprint density at radius 2 is 2.15 bits per heavy atom. The molecule has 9 nitrogen and oxygen atoms in total. The van der Waals surface area contributed by atoms with Crippen molar-refractivity contribution in [1.82, 2.24) is 14.9 Å². The summed E-state index contributed by atoms with van der Waals surface area (Å²) >= 11 is 0. The topological polar surface area (TPSA) is 130 Å². The lowest BCUT2D eigenvalue weighted by Gasteiger charge is -2.14. The van der Waals surface area contributed by atoms with Crippen LogP contribution in [0.4, 0.5) is 0 Å². The third kappa shape index (κ3) is 5.64. The summed E-state index contributed by atoms with van der Waals surface area (Å²) in [6.07, 6.45) is 0.655. The standard InChI is InChI=1S/C18H23N3O6/c1-3-14-13(23)9-16(27-14)21-10-12(17(25)20-18(21)26)5-4-8-19-15(24)7-6-11(2)22/h10,13-14,16,23H,3,6-9H2,1-2H3,(H,19,24)(H,20,25,26)/t13-,14+,16?/m0/s1. The van der Waals surface area contributed by atoms with E-state index in [4.69, 9.17) is 4.74 Å². The molecule has 1 unspecified atom stereocenters. The third-order valence-corrected chi connectivity index (χ3v) is 4.19. The smallest absolute Gasteiger partial charge is 0.330 e. The molecule has 27 heavy (non-hydrogen) atoms. The summed E-state index contributed by atoms with van der Waals surface area (Å²) in [6, 6.07) is 0. The molecule has 0 saturated carbocycles. The number of amides is 1. The highest BCUT2D eigenvalue weighted by molar-refractivity contribution is 5.83. The van der Waals surface area contributed by atoms with Gasteiger partial charge < -0.3 is 20.0 Å². The number of H-pyrrole nitrogens is 1. The number of aromatic nitrogens is 2. The molecule has 3 atom stereocenters. The minimum Gasteiger partial charge on any atom is -0.390 e. The van der Waals surface area contributed by atoms with Crippen LogP contribution in [0.2, 0.25) is 0 Å². The fourth-order valence-electron chi connectivity index (χ4n) is 2.70. The molecule has 1 aromatic heterocycles. The van der Waals surface area contributed by atoms with E-state index in [-0.39, 0.29) is 49.2 Å². The van der Waals surface area contributed by atoms with E-state index in [1.165, 1.54) is 17.7 Å².